The molecule has 90 valence electrons. The van der Waals surface area contributed by atoms with Crippen LogP contribution in [-0.4, -0.2) is 6.61 Å². The number of benzene rings is 1. The summed E-state index contributed by atoms with van der Waals surface area (Å²) in [7, 11) is 0. The molecule has 0 bridgehead atoms. The zero-order valence-corrected chi connectivity index (χ0v) is 11.2. The molecule has 0 aliphatic rings. The molecule has 0 saturated carbocycles. The molecular formula is C15H24O. The van der Waals surface area contributed by atoms with Crippen LogP contribution in [0.2, 0.25) is 0 Å². The normalized spacial score (nSPS) is 11.2. The topological polar surface area (TPSA) is 9.23 Å². The third-order valence-electron chi connectivity index (χ3n) is 2.42. The highest BCUT2D eigenvalue weighted by Gasteiger charge is 2.07. The smallest absolute Gasteiger partial charge is 0.122 e. The number of hydrogen-bond donors (Lipinski definition) is 0. The van der Waals surface area contributed by atoms with E-state index in [-0.39, 0.29) is 0 Å². The lowest BCUT2D eigenvalue weighted by Crippen LogP contribution is -2.07. The SMILES string of the molecule is Cc1ccc(CC(C)C)c(OCC(C)C)c1. The summed E-state index contributed by atoms with van der Waals surface area (Å²) < 4.78 is 5.88. The standard InChI is InChI=1S/C15H24O/c1-11(2)8-14-7-6-13(5)9-15(14)16-10-12(3)4/h6-7,9,11-12H,8,10H2,1-5H3. The molecule has 0 aliphatic heterocycles. The minimum Gasteiger partial charge on any atom is -0.493 e. The summed E-state index contributed by atoms with van der Waals surface area (Å²) in [6, 6.07) is 6.52. The van der Waals surface area contributed by atoms with Crippen LogP contribution in [0.4, 0.5) is 0 Å². The van der Waals surface area contributed by atoms with E-state index in [9.17, 15) is 0 Å². The molecule has 0 fully saturated rings. The third-order valence-corrected chi connectivity index (χ3v) is 2.42. The summed E-state index contributed by atoms with van der Waals surface area (Å²) >= 11 is 0. The van der Waals surface area contributed by atoms with Gasteiger partial charge in [-0.25, -0.2) is 0 Å². The van der Waals surface area contributed by atoms with Gasteiger partial charge >= 0.3 is 0 Å². The second kappa shape index (κ2) is 5.93. The fourth-order valence-corrected chi connectivity index (χ4v) is 1.66. The van der Waals surface area contributed by atoms with Crippen LogP contribution in [0, 0.1) is 18.8 Å². The molecular weight excluding hydrogens is 196 g/mol. The van der Waals surface area contributed by atoms with E-state index in [1.807, 2.05) is 0 Å². The van der Waals surface area contributed by atoms with E-state index < -0.39 is 0 Å². The van der Waals surface area contributed by atoms with Crippen LogP contribution in [0.3, 0.4) is 0 Å². The predicted molar refractivity (Wildman–Crippen MR) is 70.1 cm³/mol. The zero-order chi connectivity index (χ0) is 12.1. The lowest BCUT2D eigenvalue weighted by Gasteiger charge is -2.15. The average Bonchev–Trinajstić information content (AvgIpc) is 2.17. The fourth-order valence-electron chi connectivity index (χ4n) is 1.66. The maximum absolute atomic E-state index is 5.88. The largest absolute Gasteiger partial charge is 0.493 e. The molecule has 0 aromatic heterocycles. The van der Waals surface area contributed by atoms with Crippen molar-refractivity contribution in [2.75, 3.05) is 6.61 Å². The van der Waals surface area contributed by atoms with Crippen molar-refractivity contribution in [2.45, 2.75) is 41.0 Å². The summed E-state index contributed by atoms with van der Waals surface area (Å²) in [5, 5.41) is 0. The first kappa shape index (κ1) is 13.1. The van der Waals surface area contributed by atoms with E-state index in [4.69, 9.17) is 4.74 Å². The van der Waals surface area contributed by atoms with E-state index in [1.165, 1.54) is 11.1 Å². The molecule has 0 N–H and O–H groups in total. The van der Waals surface area contributed by atoms with Crippen molar-refractivity contribution < 1.29 is 4.74 Å². The Labute approximate surface area is 99.8 Å². The minimum absolute atomic E-state index is 0.576. The Kier molecular flexibility index (Phi) is 4.85. The van der Waals surface area contributed by atoms with E-state index in [0.717, 1.165) is 18.8 Å². The van der Waals surface area contributed by atoms with Crippen molar-refractivity contribution in [3.8, 4) is 5.75 Å². The highest BCUT2D eigenvalue weighted by atomic mass is 16.5. The molecule has 1 aromatic rings. The molecule has 0 saturated heterocycles. The summed E-state index contributed by atoms with van der Waals surface area (Å²) in [6.45, 7) is 11.8. The van der Waals surface area contributed by atoms with Gasteiger partial charge in [-0.2, -0.15) is 0 Å². The Bertz CT molecular complexity index is 326. The Morgan fingerprint density at radius 2 is 1.75 bits per heavy atom. The van der Waals surface area contributed by atoms with Crippen molar-refractivity contribution in [1.82, 2.24) is 0 Å². The third kappa shape index (κ3) is 4.26. The molecule has 0 amide bonds. The highest BCUT2D eigenvalue weighted by Crippen LogP contribution is 2.23. The molecule has 1 heteroatoms. The Hall–Kier alpha value is -0.980. The summed E-state index contributed by atoms with van der Waals surface area (Å²) in [6.07, 6.45) is 1.09. The first-order valence-electron chi connectivity index (χ1n) is 6.21. The molecule has 1 aromatic carbocycles. The van der Waals surface area contributed by atoms with Gasteiger partial charge in [-0.05, 0) is 42.4 Å². The molecule has 0 aliphatic carbocycles. The number of rotatable bonds is 5. The van der Waals surface area contributed by atoms with E-state index in [2.05, 4.69) is 52.8 Å². The maximum atomic E-state index is 5.88. The first-order valence-corrected chi connectivity index (χ1v) is 6.21. The van der Waals surface area contributed by atoms with Gasteiger partial charge in [-0.3, -0.25) is 0 Å². The van der Waals surface area contributed by atoms with Gasteiger partial charge in [0.15, 0.2) is 0 Å². The van der Waals surface area contributed by atoms with Crippen LogP contribution in [0.25, 0.3) is 0 Å². The van der Waals surface area contributed by atoms with Gasteiger partial charge in [0.25, 0.3) is 0 Å². The number of hydrogen-bond acceptors (Lipinski definition) is 1. The molecule has 0 atom stereocenters. The average molecular weight is 220 g/mol. The summed E-state index contributed by atoms with van der Waals surface area (Å²) in [5.74, 6) is 2.32. The van der Waals surface area contributed by atoms with Crippen LogP contribution in [0.1, 0.15) is 38.8 Å². The Morgan fingerprint density at radius 1 is 1.06 bits per heavy atom. The minimum atomic E-state index is 0.576. The van der Waals surface area contributed by atoms with Crippen LogP contribution in [0.15, 0.2) is 18.2 Å². The highest BCUT2D eigenvalue weighted by molar-refractivity contribution is 5.37. The fraction of sp³-hybridized carbons (Fsp3) is 0.600. The van der Waals surface area contributed by atoms with Crippen molar-refractivity contribution in [3.05, 3.63) is 29.3 Å². The van der Waals surface area contributed by atoms with Gasteiger partial charge < -0.3 is 4.74 Å². The van der Waals surface area contributed by atoms with Gasteiger partial charge in [-0.1, -0.05) is 39.8 Å². The Balaban J connectivity index is 2.81. The van der Waals surface area contributed by atoms with Crippen LogP contribution in [-0.2, 0) is 6.42 Å². The lowest BCUT2D eigenvalue weighted by molar-refractivity contribution is 0.267. The zero-order valence-electron chi connectivity index (χ0n) is 11.2. The monoisotopic (exact) mass is 220 g/mol. The first-order chi connectivity index (χ1) is 7.49. The second-order valence-corrected chi connectivity index (χ2v) is 5.41. The molecule has 16 heavy (non-hydrogen) atoms. The van der Waals surface area contributed by atoms with E-state index in [1.54, 1.807) is 0 Å². The van der Waals surface area contributed by atoms with Gasteiger partial charge in [0.05, 0.1) is 6.61 Å². The van der Waals surface area contributed by atoms with Crippen LogP contribution < -0.4 is 4.74 Å². The van der Waals surface area contributed by atoms with Gasteiger partial charge in [0.1, 0.15) is 5.75 Å². The molecule has 0 spiro atoms. The predicted octanol–water partition coefficient (Wildman–Crippen LogP) is 4.23. The number of ether oxygens (including phenoxy) is 1. The van der Waals surface area contributed by atoms with Crippen molar-refractivity contribution in [2.24, 2.45) is 11.8 Å². The van der Waals surface area contributed by atoms with Gasteiger partial charge in [0.2, 0.25) is 0 Å². The second-order valence-electron chi connectivity index (χ2n) is 5.41. The van der Waals surface area contributed by atoms with Crippen LogP contribution in [0.5, 0.6) is 5.75 Å². The maximum Gasteiger partial charge on any atom is 0.122 e. The molecule has 0 radical (unpaired) electrons. The summed E-state index contributed by atoms with van der Waals surface area (Å²) in [4.78, 5) is 0. The number of aryl methyl sites for hydroxylation is 1. The van der Waals surface area contributed by atoms with E-state index in [0.29, 0.717) is 11.8 Å². The summed E-state index contributed by atoms with van der Waals surface area (Å²) in [5.41, 5.74) is 2.60. The van der Waals surface area contributed by atoms with Crippen LogP contribution >= 0.6 is 0 Å². The van der Waals surface area contributed by atoms with Crippen molar-refractivity contribution in [1.29, 1.82) is 0 Å². The van der Waals surface area contributed by atoms with Crippen molar-refractivity contribution >= 4 is 0 Å². The Morgan fingerprint density at radius 3 is 2.31 bits per heavy atom. The van der Waals surface area contributed by atoms with Crippen molar-refractivity contribution in [3.63, 3.8) is 0 Å². The lowest BCUT2D eigenvalue weighted by atomic mass is 10.0. The molecule has 1 rings (SSSR count). The quantitative estimate of drug-likeness (QED) is 0.721. The molecule has 0 heterocycles. The molecule has 1 nitrogen and oxygen atoms in total. The van der Waals surface area contributed by atoms with E-state index >= 15 is 0 Å². The van der Waals surface area contributed by atoms with Gasteiger partial charge in [-0.15, -0.1) is 0 Å². The molecule has 0 unspecified atom stereocenters. The van der Waals surface area contributed by atoms with Gasteiger partial charge in [0, 0.05) is 0 Å².